The molecule has 0 atom stereocenters. The Morgan fingerprint density at radius 3 is 2.84 bits per heavy atom. The SMILES string of the molecule is C=CCc1cc(F)ccc1NC(=O)CNC(=O)OC. The predicted octanol–water partition coefficient (Wildman–Crippen LogP) is 1.85. The number of rotatable bonds is 5. The van der Waals surface area contributed by atoms with Crippen molar-refractivity contribution in [3.63, 3.8) is 0 Å². The third-order valence-corrected chi connectivity index (χ3v) is 2.28. The van der Waals surface area contributed by atoms with Gasteiger partial charge in [0.2, 0.25) is 5.91 Å². The molecule has 6 heteroatoms. The summed E-state index contributed by atoms with van der Waals surface area (Å²) in [5.74, 6) is -0.815. The van der Waals surface area contributed by atoms with Crippen LogP contribution >= 0.6 is 0 Å². The predicted molar refractivity (Wildman–Crippen MR) is 69.3 cm³/mol. The second kappa shape index (κ2) is 7.15. The van der Waals surface area contributed by atoms with Gasteiger partial charge in [0.05, 0.1) is 7.11 Å². The minimum absolute atomic E-state index is 0.225. The lowest BCUT2D eigenvalue weighted by Crippen LogP contribution is -2.32. The number of anilines is 1. The molecule has 0 aliphatic carbocycles. The number of carbonyl (C=O) groups is 2. The van der Waals surface area contributed by atoms with Crippen molar-refractivity contribution in [2.45, 2.75) is 6.42 Å². The summed E-state index contributed by atoms with van der Waals surface area (Å²) in [6.45, 7) is 3.34. The highest BCUT2D eigenvalue weighted by molar-refractivity contribution is 5.94. The first kappa shape index (κ1) is 14.7. The maximum Gasteiger partial charge on any atom is 0.407 e. The quantitative estimate of drug-likeness (QED) is 0.799. The Hall–Kier alpha value is -2.37. The van der Waals surface area contributed by atoms with Crippen LogP contribution in [-0.4, -0.2) is 25.7 Å². The number of nitrogens with one attached hydrogen (secondary N) is 2. The lowest BCUT2D eigenvalue weighted by Gasteiger charge is -2.10. The van der Waals surface area contributed by atoms with Gasteiger partial charge in [-0.3, -0.25) is 4.79 Å². The Bertz CT molecular complexity index is 489. The van der Waals surface area contributed by atoms with Gasteiger partial charge in [-0.25, -0.2) is 9.18 Å². The Balaban J connectivity index is 2.67. The highest BCUT2D eigenvalue weighted by Crippen LogP contribution is 2.17. The molecule has 2 amide bonds. The summed E-state index contributed by atoms with van der Waals surface area (Å²) in [6, 6.07) is 4.03. The molecule has 102 valence electrons. The second-order valence-corrected chi connectivity index (χ2v) is 3.69. The molecule has 0 spiro atoms. The van der Waals surface area contributed by atoms with Gasteiger partial charge in [-0.2, -0.15) is 0 Å². The highest BCUT2D eigenvalue weighted by atomic mass is 19.1. The third-order valence-electron chi connectivity index (χ3n) is 2.28. The first-order chi connectivity index (χ1) is 9.06. The van der Waals surface area contributed by atoms with Crippen molar-refractivity contribution in [3.8, 4) is 0 Å². The van der Waals surface area contributed by atoms with Crippen molar-refractivity contribution in [1.29, 1.82) is 0 Å². The summed E-state index contributed by atoms with van der Waals surface area (Å²) < 4.78 is 17.4. The summed E-state index contributed by atoms with van der Waals surface area (Å²) in [6.07, 6.45) is 1.34. The van der Waals surface area contributed by atoms with Gasteiger partial charge in [0.25, 0.3) is 0 Å². The molecule has 0 heterocycles. The average molecular weight is 266 g/mol. The molecule has 0 unspecified atom stereocenters. The van der Waals surface area contributed by atoms with E-state index in [-0.39, 0.29) is 12.4 Å². The van der Waals surface area contributed by atoms with Crippen molar-refractivity contribution in [3.05, 3.63) is 42.2 Å². The maximum atomic E-state index is 13.1. The number of allylic oxidation sites excluding steroid dienone is 1. The van der Waals surface area contributed by atoms with E-state index in [4.69, 9.17) is 0 Å². The molecular weight excluding hydrogens is 251 g/mol. The number of carbonyl (C=O) groups excluding carboxylic acids is 2. The van der Waals surface area contributed by atoms with Crippen molar-refractivity contribution in [2.75, 3.05) is 19.0 Å². The Labute approximate surface area is 110 Å². The zero-order valence-electron chi connectivity index (χ0n) is 10.5. The van der Waals surface area contributed by atoms with Crippen LogP contribution in [0, 0.1) is 5.82 Å². The van der Waals surface area contributed by atoms with Crippen LogP contribution in [0.15, 0.2) is 30.9 Å². The van der Waals surface area contributed by atoms with Gasteiger partial charge in [-0.05, 0) is 30.2 Å². The van der Waals surface area contributed by atoms with Crippen LogP contribution in [0.25, 0.3) is 0 Å². The number of halogens is 1. The fourth-order valence-electron chi connectivity index (χ4n) is 1.43. The zero-order valence-corrected chi connectivity index (χ0v) is 10.5. The van der Waals surface area contributed by atoms with E-state index in [1.807, 2.05) is 0 Å². The Morgan fingerprint density at radius 1 is 1.47 bits per heavy atom. The number of ether oxygens (including phenoxy) is 1. The normalized spacial score (nSPS) is 9.58. The minimum Gasteiger partial charge on any atom is -0.453 e. The van der Waals surface area contributed by atoms with E-state index in [2.05, 4.69) is 21.9 Å². The van der Waals surface area contributed by atoms with Gasteiger partial charge < -0.3 is 15.4 Å². The molecule has 1 aromatic rings. The molecule has 0 aliphatic heterocycles. The number of alkyl carbamates (subject to hydrolysis) is 1. The molecule has 0 aliphatic rings. The van der Waals surface area contributed by atoms with Gasteiger partial charge in [0.1, 0.15) is 12.4 Å². The molecule has 19 heavy (non-hydrogen) atoms. The van der Waals surface area contributed by atoms with Crippen LogP contribution in [0.4, 0.5) is 14.9 Å². The molecule has 0 fully saturated rings. The van der Waals surface area contributed by atoms with Crippen LogP contribution in [0.5, 0.6) is 0 Å². The summed E-state index contributed by atoms with van der Waals surface area (Å²) in [7, 11) is 1.20. The molecule has 0 aromatic heterocycles. The fourth-order valence-corrected chi connectivity index (χ4v) is 1.43. The monoisotopic (exact) mass is 266 g/mol. The molecule has 0 saturated heterocycles. The highest BCUT2D eigenvalue weighted by Gasteiger charge is 2.08. The van der Waals surface area contributed by atoms with Gasteiger partial charge in [0.15, 0.2) is 0 Å². The van der Waals surface area contributed by atoms with Gasteiger partial charge in [-0.1, -0.05) is 6.08 Å². The first-order valence-corrected chi connectivity index (χ1v) is 5.57. The summed E-state index contributed by atoms with van der Waals surface area (Å²) in [4.78, 5) is 22.4. The maximum absolute atomic E-state index is 13.1. The van der Waals surface area contributed by atoms with Crippen LogP contribution < -0.4 is 10.6 Å². The van der Waals surface area contributed by atoms with Gasteiger partial charge >= 0.3 is 6.09 Å². The van der Waals surface area contributed by atoms with Crippen molar-refractivity contribution >= 4 is 17.7 Å². The van der Waals surface area contributed by atoms with Crippen LogP contribution in [0.3, 0.4) is 0 Å². The third kappa shape index (κ3) is 4.79. The van der Waals surface area contributed by atoms with Crippen LogP contribution in [-0.2, 0) is 16.0 Å². The molecule has 1 rings (SSSR count). The lowest BCUT2D eigenvalue weighted by molar-refractivity contribution is -0.115. The van der Waals surface area contributed by atoms with Crippen LogP contribution in [0.1, 0.15) is 5.56 Å². The zero-order chi connectivity index (χ0) is 14.3. The standard InChI is InChI=1S/C13H15FN2O3/c1-3-4-9-7-10(14)5-6-11(9)16-12(17)8-15-13(18)19-2/h3,5-7H,1,4,8H2,2H3,(H,15,18)(H,16,17). The van der Waals surface area contributed by atoms with Crippen LogP contribution in [0.2, 0.25) is 0 Å². The Kier molecular flexibility index (Phi) is 5.53. The molecule has 2 N–H and O–H groups in total. The fraction of sp³-hybridized carbons (Fsp3) is 0.231. The van der Waals surface area contributed by atoms with E-state index >= 15 is 0 Å². The van der Waals surface area contributed by atoms with E-state index < -0.39 is 12.0 Å². The van der Waals surface area contributed by atoms with Gasteiger partial charge in [-0.15, -0.1) is 6.58 Å². The molecule has 0 bridgehead atoms. The van der Waals surface area contributed by atoms with E-state index in [1.54, 1.807) is 6.08 Å². The van der Waals surface area contributed by atoms with E-state index in [0.29, 0.717) is 17.7 Å². The first-order valence-electron chi connectivity index (χ1n) is 5.57. The van der Waals surface area contributed by atoms with Crippen molar-refractivity contribution < 1.29 is 18.7 Å². The smallest absolute Gasteiger partial charge is 0.407 e. The largest absolute Gasteiger partial charge is 0.453 e. The number of hydrogen-bond acceptors (Lipinski definition) is 3. The number of benzene rings is 1. The average Bonchev–Trinajstić information content (AvgIpc) is 2.39. The number of hydrogen-bond donors (Lipinski definition) is 2. The van der Waals surface area contributed by atoms with E-state index in [9.17, 15) is 14.0 Å². The topological polar surface area (TPSA) is 67.4 Å². The summed E-state index contributed by atoms with van der Waals surface area (Å²) in [5.41, 5.74) is 1.10. The lowest BCUT2D eigenvalue weighted by atomic mass is 10.1. The van der Waals surface area contributed by atoms with Gasteiger partial charge in [0, 0.05) is 5.69 Å². The van der Waals surface area contributed by atoms with E-state index in [0.717, 1.165) is 0 Å². The van der Waals surface area contributed by atoms with E-state index in [1.165, 1.54) is 25.3 Å². The molecular formula is C13H15FN2O3. The summed E-state index contributed by atoms with van der Waals surface area (Å²) >= 11 is 0. The number of amides is 2. The van der Waals surface area contributed by atoms with Crippen molar-refractivity contribution in [2.24, 2.45) is 0 Å². The molecule has 5 nitrogen and oxygen atoms in total. The molecule has 0 radical (unpaired) electrons. The Morgan fingerprint density at radius 2 is 2.21 bits per heavy atom. The van der Waals surface area contributed by atoms with Crippen molar-refractivity contribution in [1.82, 2.24) is 5.32 Å². The second-order valence-electron chi connectivity index (χ2n) is 3.69. The molecule has 0 saturated carbocycles. The summed E-state index contributed by atoms with van der Waals surface area (Å²) in [5, 5.41) is 4.83. The number of methoxy groups -OCH3 is 1. The molecule has 1 aromatic carbocycles. The minimum atomic E-state index is -0.694.